The van der Waals surface area contributed by atoms with Crippen molar-refractivity contribution in [2.45, 2.75) is 33.2 Å². The van der Waals surface area contributed by atoms with E-state index in [2.05, 4.69) is 58.8 Å². The maximum Gasteiger partial charge on any atom is 0.325 e. The Morgan fingerprint density at radius 1 is 0.602 bits per heavy atom. The number of aliphatic carboxylic acids is 1. The zero-order valence-electron chi connectivity index (χ0n) is 43.7. The fraction of sp³-hybridized carbons (Fsp3) is 0.680. The second-order valence-corrected chi connectivity index (χ2v) is 12.2. The monoisotopic (exact) mass is 1420 g/mol. The van der Waals surface area contributed by atoms with E-state index in [4.69, 9.17) is 128 Å². The molecule has 0 saturated carbocycles. The van der Waals surface area contributed by atoms with Crippen molar-refractivity contribution in [2.75, 3.05) is 79.9 Å². The average Bonchev–Trinajstić information content (AvgIpc) is 3.25. The van der Waals surface area contributed by atoms with Crippen molar-refractivity contribution in [1.29, 1.82) is 0 Å². The van der Waals surface area contributed by atoms with Crippen molar-refractivity contribution in [2.24, 2.45) is 5.73 Å². The molecule has 58 heteroatoms. The number of methoxy groups -OCH3 is 1. The van der Waals surface area contributed by atoms with Gasteiger partial charge in [0.05, 0.1) is 13.7 Å². The molecule has 0 saturated heterocycles. The molecule has 0 aromatic heterocycles. The van der Waals surface area contributed by atoms with Crippen LogP contribution in [0.3, 0.4) is 0 Å². The zero-order valence-corrected chi connectivity index (χ0v) is 49.4. The summed E-state index contributed by atoms with van der Waals surface area (Å²) in [7, 11) is -16.8. The number of hydroxylamine groups is 1. The Hall–Kier alpha value is -2.61. The third kappa shape index (κ3) is 453. The predicted octanol–water partition coefficient (Wildman–Crippen LogP) is -15.5. The minimum Gasteiger partial charge on any atom is -0.834 e. The van der Waals surface area contributed by atoms with Crippen molar-refractivity contribution in [3.63, 3.8) is 0 Å². The molecule has 1 aromatic carbocycles. The summed E-state index contributed by atoms with van der Waals surface area (Å²) in [5, 5.41) is 78.9. The number of carbonyl (C=O) groups is 2. The van der Waals surface area contributed by atoms with E-state index in [1.165, 1.54) is 14.2 Å². The van der Waals surface area contributed by atoms with Crippen molar-refractivity contribution in [3.8, 4) is 0 Å². The van der Waals surface area contributed by atoms with Crippen LogP contribution in [0.25, 0.3) is 0 Å². The molecule has 83 heavy (non-hydrogen) atoms. The number of benzene rings is 1. The number of nitrogens with one attached hydrogen (secondary N) is 1. The highest BCUT2D eigenvalue weighted by molar-refractivity contribution is 7.94. The summed E-state index contributed by atoms with van der Waals surface area (Å²) in [6, 6.07) is 9.01. The maximum atomic E-state index is 11.5. The number of halogens is 1. The number of aliphatic hydroxyl groups excluding tert-OH is 3. The number of carboxylic acids is 1. The Morgan fingerprint density at radius 3 is 0.952 bits per heavy atom. The topological polar surface area (TPSA) is 1040 Å². The molecule has 0 aliphatic rings. The van der Waals surface area contributed by atoms with Gasteiger partial charge in [0.2, 0.25) is 41.6 Å². The zero-order chi connectivity index (χ0) is 59.4. The number of hydrogen-bond donors (Lipinski definition) is 12. The molecular formula is C25H82ClN2O49S6-7. The molecule has 1 rings (SSSR count). The lowest BCUT2D eigenvalue weighted by Gasteiger charge is -2.14. The molecule has 0 aliphatic heterocycles. The molecule has 1 unspecified atom stereocenters. The Morgan fingerprint density at radius 2 is 0.831 bits per heavy atom. The smallest absolute Gasteiger partial charge is 0.325 e. The largest absolute Gasteiger partial charge is 0.834 e. The summed E-state index contributed by atoms with van der Waals surface area (Å²) in [4.78, 5) is 30.1. The molecule has 51 nitrogen and oxygen atoms in total. The maximum absolute atomic E-state index is 11.5. The minimum atomic E-state index is -4.92. The van der Waals surface area contributed by atoms with Crippen LogP contribution in [0, 0.1) is 0 Å². The van der Waals surface area contributed by atoms with Crippen molar-refractivity contribution in [3.05, 3.63) is 35.9 Å². The molecule has 0 spiro atoms. The van der Waals surface area contributed by atoms with E-state index >= 15 is 0 Å². The van der Waals surface area contributed by atoms with Crippen molar-refractivity contribution < 1.29 is 239 Å². The van der Waals surface area contributed by atoms with Gasteiger partial charge in [-0.1, -0.05) is 54.3 Å². The van der Waals surface area contributed by atoms with Crippen LogP contribution < -0.4 is 26.5 Å². The highest BCUT2D eigenvalue weighted by Crippen LogP contribution is 2.04. The third-order valence-corrected chi connectivity index (χ3v) is 3.59. The van der Waals surface area contributed by atoms with Gasteiger partial charge in [-0.05, 0) is 39.9 Å². The molecule has 536 valence electrons. The van der Waals surface area contributed by atoms with E-state index in [0.717, 1.165) is 29.6 Å². The van der Waals surface area contributed by atoms with E-state index in [-0.39, 0.29) is 71.6 Å². The number of carboxylic acid groups (broad SMARTS) is 1. The molecule has 0 amide bonds. The highest BCUT2D eigenvalue weighted by atomic mass is 35.5. The summed E-state index contributed by atoms with van der Waals surface area (Å²) < 4.78 is 155. The number of esters is 1. The summed E-state index contributed by atoms with van der Waals surface area (Å²) in [5.74, 6) is -1.68. The first-order chi connectivity index (χ1) is 32.6. The molecule has 37 N–H and O–H groups in total. The van der Waals surface area contributed by atoms with Crippen LogP contribution in [-0.4, -0.2) is 265 Å². The lowest BCUT2D eigenvalue weighted by molar-refractivity contribution is -0.437. The van der Waals surface area contributed by atoms with Crippen molar-refractivity contribution >= 4 is 89.2 Å². The fourth-order valence-electron chi connectivity index (χ4n) is 1.49. The molecule has 0 bridgehead atoms. The van der Waals surface area contributed by atoms with E-state index < -0.39 is 100 Å². The van der Waals surface area contributed by atoms with Crippen LogP contribution in [0.1, 0.15) is 26.3 Å². The number of aliphatic hydroxyl groups is 3. The summed E-state index contributed by atoms with van der Waals surface area (Å²) in [6.07, 6.45) is 3.72. The predicted molar refractivity (Wildman–Crippen MR) is 270 cm³/mol. The van der Waals surface area contributed by atoms with Gasteiger partial charge in [-0.15, -0.1) is 25.3 Å². The van der Waals surface area contributed by atoms with Gasteiger partial charge < -0.3 is 144 Å². The Kier molecular flexibility index (Phi) is 257. The summed E-state index contributed by atoms with van der Waals surface area (Å²) >= 11 is 6.60. The lowest BCUT2D eigenvalue weighted by atomic mass is 10.1. The Bertz CT molecular complexity index is 1370. The molecular weight excluding hydrogens is 1340 g/mol. The third-order valence-electron chi connectivity index (χ3n) is 2.97. The van der Waals surface area contributed by atoms with Crippen molar-refractivity contribution in [1.82, 2.24) is 5.48 Å². The van der Waals surface area contributed by atoms with Crippen LogP contribution in [-0.2, 0) is 105 Å². The fourth-order valence-corrected chi connectivity index (χ4v) is 1.61. The van der Waals surface area contributed by atoms with Gasteiger partial charge in [-0.25, -0.2) is 49.1 Å². The van der Waals surface area contributed by atoms with E-state index in [9.17, 15) is 9.59 Å². The summed E-state index contributed by atoms with van der Waals surface area (Å²) in [6.45, 7) is 2.80. The summed E-state index contributed by atoms with van der Waals surface area (Å²) in [5.41, 5.74) is 8.03. The Balaban J connectivity index is -0.0000000213. The first-order valence-electron chi connectivity index (χ1n) is 16.2. The van der Waals surface area contributed by atoms with Crippen LogP contribution in [0.2, 0.25) is 0 Å². The van der Waals surface area contributed by atoms with E-state index in [0.29, 0.717) is 13.0 Å². The van der Waals surface area contributed by atoms with Crippen LogP contribution in [0.15, 0.2) is 30.3 Å². The quantitative estimate of drug-likeness (QED) is 0.00747. The van der Waals surface area contributed by atoms with Gasteiger partial charge in [0.1, 0.15) is 32.3 Å². The standard InChI is InChI=1S/C12H17NO4.C2H3ClO2.3C2H5O3.C2H6.CH5N.2CH4O3S.4H2O4S.12H2O/c1-3-16-17-13-11(12(14)15-2)9-10-7-5-4-6-8-10;3-1-2(4)5;3*3-1-5-2-4;2*1-2;2*1-5-4-3-2;4*1-5(2,3)4;;;;;;;;;;;;/h4-8,11,13H,3,9H2,1-2H3;1H2,(H,4,5);3*3H,1-2H2;1-2H3;2H2,1H3;2*2H,1H3;4*(H2,1,2,3,4);12*1H2/q;;3*-1;;;;;;;;;;;;;;;;;;;;/p-4. The number of ether oxygens (including phenoxy) is 4. The van der Waals surface area contributed by atoms with Crippen LogP contribution >= 0.6 is 35.7 Å². The van der Waals surface area contributed by atoms with E-state index in [1.54, 1.807) is 19.4 Å². The van der Waals surface area contributed by atoms with E-state index in [1.807, 2.05) is 44.2 Å². The van der Waals surface area contributed by atoms with Gasteiger partial charge in [0.25, 0.3) is 0 Å². The number of carbonyl (C=O) groups excluding carboxylic acids is 1. The molecule has 0 aliphatic carbocycles. The number of nitrogens with two attached hydrogens (primary N) is 1. The van der Waals surface area contributed by atoms with Gasteiger partial charge in [0.15, 0.2) is 0 Å². The second-order valence-electron chi connectivity index (χ2n) is 7.58. The molecule has 0 radical (unpaired) electrons. The van der Waals surface area contributed by atoms with Gasteiger partial charge >= 0.3 is 11.9 Å². The van der Waals surface area contributed by atoms with Gasteiger partial charge in [-0.3, -0.25) is 27.8 Å². The number of hydrogen-bond acceptors (Lipinski definition) is 36. The highest BCUT2D eigenvalue weighted by Gasteiger charge is 2.20. The normalized spacial score (nSPS) is 8.40. The number of rotatable bonds is 18. The first-order valence-corrected chi connectivity index (χ1v) is 24.5. The molecule has 0 heterocycles. The molecule has 1 atom stereocenters. The second kappa shape index (κ2) is 134. The average molecular weight is 1420 g/mol. The lowest BCUT2D eigenvalue weighted by Crippen LogP contribution is -2.39. The van der Waals surface area contributed by atoms with Gasteiger partial charge in [-0.2, -0.15) is 5.48 Å². The number of alkyl halides is 1. The minimum absolute atomic E-state index is 0. The Labute approximate surface area is 487 Å². The first kappa shape index (κ1) is 159. The molecule has 1 aromatic rings. The molecule has 0 fully saturated rings. The van der Waals surface area contributed by atoms with Crippen LogP contribution in [0.4, 0.5) is 0 Å². The van der Waals surface area contributed by atoms with Gasteiger partial charge in [0, 0.05) is 43.0 Å². The van der Waals surface area contributed by atoms with Crippen LogP contribution in [0.5, 0.6) is 0 Å². The SMILES string of the molecule is CC.CCOONC(Cc1ccccc1)C(=O)OC.CN.CSOOO.CSOOO.O.O.O.O.O.O.O.O.O.O.O.O.O=C(O)CCl.O=S(=O)([O-])O.O=S(=O)([O-])O.O=S(=O)([O-])O.O=S(=O)([O-])O.[O-]COCO.[O-]COCO.[O-]COCO.